The third-order valence-electron chi connectivity index (χ3n) is 5.13. The van der Waals surface area contributed by atoms with Gasteiger partial charge >= 0.3 is 0 Å². The van der Waals surface area contributed by atoms with Gasteiger partial charge in [0.2, 0.25) is 0 Å². The zero-order chi connectivity index (χ0) is 21.7. The number of methoxy groups -OCH3 is 1. The molecule has 2 aromatic carbocycles. The number of nitro groups is 2. The second-order valence-electron chi connectivity index (χ2n) is 7.17. The van der Waals surface area contributed by atoms with Crippen LogP contribution in [0, 0.1) is 26.1 Å². The number of aryl methyl sites for hydroxylation is 1. The lowest BCUT2D eigenvalue weighted by atomic mass is 9.92. The fourth-order valence-corrected chi connectivity index (χ4v) is 3.36. The molecule has 0 aromatic heterocycles. The van der Waals surface area contributed by atoms with Crippen LogP contribution in [0.1, 0.15) is 49.4 Å². The van der Waals surface area contributed by atoms with Gasteiger partial charge in [0.1, 0.15) is 11.5 Å². The molecule has 156 valence electrons. The number of non-ortho nitro benzene ring substituents is 2. The number of ether oxygens (including phenoxy) is 1. The molecule has 0 aliphatic carbocycles. The molecule has 0 saturated carbocycles. The zero-order valence-electron chi connectivity index (χ0n) is 17.1. The maximum absolute atomic E-state index is 11.4. The third-order valence-corrected chi connectivity index (χ3v) is 5.13. The summed E-state index contributed by atoms with van der Waals surface area (Å²) >= 11 is 0. The van der Waals surface area contributed by atoms with Crippen LogP contribution in [0.3, 0.4) is 0 Å². The number of hydrogen-bond acceptors (Lipinski definition) is 6. The van der Waals surface area contributed by atoms with E-state index in [9.17, 15) is 25.3 Å². The van der Waals surface area contributed by atoms with Gasteiger partial charge in [-0.25, -0.2) is 0 Å². The number of benzene rings is 2. The molecule has 0 radical (unpaired) electrons. The molecule has 8 heteroatoms. The van der Waals surface area contributed by atoms with Gasteiger partial charge in [-0.3, -0.25) is 20.2 Å². The molecule has 1 atom stereocenters. The quantitative estimate of drug-likeness (QED) is 0.468. The molecule has 1 N–H and O–H groups in total. The van der Waals surface area contributed by atoms with E-state index in [0.717, 1.165) is 6.42 Å². The number of hydrogen-bond donors (Lipinski definition) is 1. The van der Waals surface area contributed by atoms with E-state index in [1.807, 2.05) is 6.92 Å². The largest absolute Gasteiger partial charge is 0.507 e. The lowest BCUT2D eigenvalue weighted by molar-refractivity contribution is -0.385. The van der Waals surface area contributed by atoms with Crippen molar-refractivity contribution in [1.82, 2.24) is 0 Å². The summed E-state index contributed by atoms with van der Waals surface area (Å²) in [5.41, 5.74) is 1.82. The smallest absolute Gasteiger partial charge is 0.270 e. The SMILES string of the molecule is CCc1cc([N+](=O)[O-])cc(Cc2cc([N+](=O)[O-])cc(CC(C)CC)c2OC)c1O. The van der Waals surface area contributed by atoms with E-state index < -0.39 is 9.85 Å². The Hall–Kier alpha value is -3.16. The Balaban J connectivity index is 2.63. The highest BCUT2D eigenvalue weighted by atomic mass is 16.6. The summed E-state index contributed by atoms with van der Waals surface area (Å²) in [4.78, 5) is 21.7. The topological polar surface area (TPSA) is 116 Å². The van der Waals surface area contributed by atoms with Crippen LogP contribution in [0.4, 0.5) is 11.4 Å². The Labute approximate surface area is 169 Å². The van der Waals surface area contributed by atoms with Crippen molar-refractivity contribution in [2.24, 2.45) is 5.92 Å². The number of aromatic hydroxyl groups is 1. The average molecular weight is 402 g/mol. The molecule has 0 heterocycles. The minimum absolute atomic E-state index is 0.0323. The first-order chi connectivity index (χ1) is 13.7. The molecular weight excluding hydrogens is 376 g/mol. The molecule has 0 aliphatic heterocycles. The summed E-state index contributed by atoms with van der Waals surface area (Å²) in [5.74, 6) is 0.784. The first kappa shape index (κ1) is 22.1. The van der Waals surface area contributed by atoms with Crippen molar-refractivity contribution in [2.75, 3.05) is 7.11 Å². The van der Waals surface area contributed by atoms with E-state index >= 15 is 0 Å². The molecule has 8 nitrogen and oxygen atoms in total. The van der Waals surface area contributed by atoms with Crippen LogP contribution < -0.4 is 4.74 Å². The zero-order valence-corrected chi connectivity index (χ0v) is 17.1. The lowest BCUT2D eigenvalue weighted by Gasteiger charge is -2.17. The standard InChI is InChI=1S/C21H26N2O6/c1-5-13(3)7-16-11-19(23(27)28)12-17(21(16)29-4)8-15-10-18(22(25)26)9-14(6-2)20(15)24/h9-13,24H,5-8H2,1-4H3. The Bertz CT molecular complexity index is 926. The summed E-state index contributed by atoms with van der Waals surface area (Å²) in [5, 5.41) is 33.3. The number of nitrogens with zero attached hydrogens (tertiary/aromatic N) is 2. The van der Waals surface area contributed by atoms with Crippen molar-refractivity contribution in [3.63, 3.8) is 0 Å². The summed E-state index contributed by atoms with van der Waals surface area (Å²) in [7, 11) is 1.50. The van der Waals surface area contributed by atoms with Gasteiger partial charge in [-0.15, -0.1) is 0 Å². The number of phenolic OH excluding ortho intramolecular Hbond substituents is 1. The van der Waals surface area contributed by atoms with Crippen LogP contribution in [0.2, 0.25) is 0 Å². The van der Waals surface area contributed by atoms with Crippen molar-refractivity contribution in [3.05, 3.63) is 66.7 Å². The van der Waals surface area contributed by atoms with Gasteiger partial charge in [0.15, 0.2) is 0 Å². The molecule has 2 rings (SSSR count). The van der Waals surface area contributed by atoms with Gasteiger partial charge < -0.3 is 9.84 Å². The molecule has 0 saturated heterocycles. The first-order valence-electron chi connectivity index (χ1n) is 9.55. The fraction of sp³-hybridized carbons (Fsp3) is 0.429. The second-order valence-corrected chi connectivity index (χ2v) is 7.17. The highest BCUT2D eigenvalue weighted by Gasteiger charge is 2.22. The van der Waals surface area contributed by atoms with E-state index in [4.69, 9.17) is 4.74 Å². The van der Waals surface area contributed by atoms with Crippen molar-refractivity contribution in [3.8, 4) is 11.5 Å². The van der Waals surface area contributed by atoms with E-state index in [0.29, 0.717) is 46.8 Å². The lowest BCUT2D eigenvalue weighted by Crippen LogP contribution is -2.06. The summed E-state index contributed by atoms with van der Waals surface area (Å²) < 4.78 is 5.56. The van der Waals surface area contributed by atoms with Gasteiger partial charge in [0, 0.05) is 52.9 Å². The molecule has 0 amide bonds. The molecule has 1 unspecified atom stereocenters. The monoisotopic (exact) mass is 402 g/mol. The number of rotatable bonds is 9. The first-order valence-corrected chi connectivity index (χ1v) is 9.55. The average Bonchev–Trinajstić information content (AvgIpc) is 2.68. The van der Waals surface area contributed by atoms with Crippen LogP contribution in [-0.4, -0.2) is 22.1 Å². The van der Waals surface area contributed by atoms with Crippen LogP contribution in [0.5, 0.6) is 11.5 Å². The van der Waals surface area contributed by atoms with Gasteiger partial charge in [-0.1, -0.05) is 27.2 Å². The van der Waals surface area contributed by atoms with Gasteiger partial charge in [0.25, 0.3) is 11.4 Å². The summed E-state index contributed by atoms with van der Waals surface area (Å²) in [6.45, 7) is 5.89. The van der Waals surface area contributed by atoms with Crippen LogP contribution >= 0.6 is 0 Å². The summed E-state index contributed by atoms with van der Waals surface area (Å²) in [6.07, 6.45) is 2.02. The molecule has 0 bridgehead atoms. The summed E-state index contributed by atoms with van der Waals surface area (Å²) in [6, 6.07) is 5.57. The Morgan fingerprint density at radius 2 is 1.48 bits per heavy atom. The van der Waals surface area contributed by atoms with E-state index in [-0.39, 0.29) is 23.5 Å². The van der Waals surface area contributed by atoms with E-state index in [1.165, 1.54) is 31.4 Å². The molecule has 29 heavy (non-hydrogen) atoms. The number of phenols is 1. The molecule has 0 spiro atoms. The van der Waals surface area contributed by atoms with Crippen molar-refractivity contribution in [1.29, 1.82) is 0 Å². The van der Waals surface area contributed by atoms with E-state index in [2.05, 4.69) is 6.92 Å². The highest BCUT2D eigenvalue weighted by molar-refractivity contribution is 5.56. The second kappa shape index (κ2) is 9.36. The fourth-order valence-electron chi connectivity index (χ4n) is 3.36. The highest BCUT2D eigenvalue weighted by Crippen LogP contribution is 2.36. The van der Waals surface area contributed by atoms with Crippen molar-refractivity contribution >= 4 is 11.4 Å². The minimum atomic E-state index is -0.513. The Kier molecular flexibility index (Phi) is 7.14. The van der Waals surface area contributed by atoms with Crippen LogP contribution in [0.25, 0.3) is 0 Å². The Morgan fingerprint density at radius 3 is 1.97 bits per heavy atom. The van der Waals surface area contributed by atoms with Crippen molar-refractivity contribution < 1.29 is 19.7 Å². The normalized spacial score (nSPS) is 11.9. The number of nitro benzene ring substituents is 2. The predicted octanol–water partition coefficient (Wildman–Crippen LogP) is 4.96. The maximum Gasteiger partial charge on any atom is 0.270 e. The van der Waals surface area contributed by atoms with Crippen LogP contribution in [-0.2, 0) is 19.3 Å². The molecule has 0 fully saturated rings. The third kappa shape index (κ3) is 5.01. The van der Waals surface area contributed by atoms with Crippen molar-refractivity contribution in [2.45, 2.75) is 46.5 Å². The minimum Gasteiger partial charge on any atom is -0.507 e. The Morgan fingerprint density at radius 1 is 0.966 bits per heavy atom. The molecular formula is C21H26N2O6. The molecule has 0 aliphatic rings. The van der Waals surface area contributed by atoms with Gasteiger partial charge in [-0.05, 0) is 18.8 Å². The maximum atomic E-state index is 11.4. The van der Waals surface area contributed by atoms with Crippen LogP contribution in [0.15, 0.2) is 24.3 Å². The van der Waals surface area contributed by atoms with E-state index in [1.54, 1.807) is 6.92 Å². The predicted molar refractivity (Wildman–Crippen MR) is 110 cm³/mol. The molecule has 2 aromatic rings. The van der Waals surface area contributed by atoms with Gasteiger partial charge in [0.05, 0.1) is 17.0 Å². The van der Waals surface area contributed by atoms with Gasteiger partial charge in [-0.2, -0.15) is 0 Å².